The summed E-state index contributed by atoms with van der Waals surface area (Å²) in [4.78, 5) is 9.63. The summed E-state index contributed by atoms with van der Waals surface area (Å²) in [6, 6.07) is 2.04. The van der Waals surface area contributed by atoms with Gasteiger partial charge in [-0.05, 0) is 24.6 Å². The third kappa shape index (κ3) is 4.67. The molecule has 1 nitrogen and oxygen atoms in total. The van der Waals surface area contributed by atoms with Gasteiger partial charge in [-0.15, -0.1) is 0 Å². The van der Waals surface area contributed by atoms with E-state index in [1.807, 2.05) is 6.55 Å². The van der Waals surface area contributed by atoms with Crippen molar-refractivity contribution in [2.45, 2.75) is 39.4 Å². The predicted octanol–water partition coefficient (Wildman–Crippen LogP) is 2.23. The maximum Gasteiger partial charge on any atom is 0.185 e. The number of hydrogen-bond acceptors (Lipinski definition) is 1. The summed E-state index contributed by atoms with van der Waals surface area (Å²) in [6.07, 6.45) is 0. The Labute approximate surface area is 59.2 Å². The molecule has 1 atom stereocenters. The van der Waals surface area contributed by atoms with Crippen molar-refractivity contribution in [3.05, 3.63) is 0 Å². The molecule has 2 heteroatoms. The SMILES string of the molecule is CC[Si](C)(O)CC(C)C. The molecular formula is C7H18OSi. The Morgan fingerprint density at radius 1 is 1.44 bits per heavy atom. The van der Waals surface area contributed by atoms with E-state index in [1.54, 1.807) is 0 Å². The molecule has 0 bridgehead atoms. The van der Waals surface area contributed by atoms with Gasteiger partial charge in [0.25, 0.3) is 0 Å². The molecule has 0 heterocycles. The molecule has 0 rings (SSSR count). The number of rotatable bonds is 3. The van der Waals surface area contributed by atoms with Crippen molar-refractivity contribution in [1.82, 2.24) is 0 Å². The molecular weight excluding hydrogens is 128 g/mol. The van der Waals surface area contributed by atoms with E-state index in [2.05, 4.69) is 20.8 Å². The van der Waals surface area contributed by atoms with Gasteiger partial charge in [-0.25, -0.2) is 0 Å². The minimum atomic E-state index is -1.74. The van der Waals surface area contributed by atoms with E-state index in [9.17, 15) is 4.80 Å². The van der Waals surface area contributed by atoms with E-state index in [0.717, 1.165) is 12.1 Å². The summed E-state index contributed by atoms with van der Waals surface area (Å²) in [5.41, 5.74) is 0. The summed E-state index contributed by atoms with van der Waals surface area (Å²) >= 11 is 0. The Hall–Kier alpha value is 0.177. The zero-order valence-electron chi connectivity index (χ0n) is 6.94. The van der Waals surface area contributed by atoms with Crippen LogP contribution in [0, 0.1) is 5.92 Å². The zero-order chi connectivity index (χ0) is 7.49. The van der Waals surface area contributed by atoms with E-state index in [1.165, 1.54) is 0 Å². The van der Waals surface area contributed by atoms with Gasteiger partial charge in [-0.1, -0.05) is 20.8 Å². The fourth-order valence-electron chi connectivity index (χ4n) is 1.02. The van der Waals surface area contributed by atoms with Crippen molar-refractivity contribution in [2.24, 2.45) is 5.92 Å². The summed E-state index contributed by atoms with van der Waals surface area (Å²) in [5, 5.41) is 0. The summed E-state index contributed by atoms with van der Waals surface area (Å²) in [7, 11) is -1.74. The average Bonchev–Trinajstić information content (AvgIpc) is 1.63. The molecule has 0 saturated carbocycles. The third-order valence-electron chi connectivity index (χ3n) is 1.61. The highest BCUT2D eigenvalue weighted by atomic mass is 28.4. The molecule has 0 amide bonds. The molecule has 0 saturated heterocycles. The molecule has 1 N–H and O–H groups in total. The Morgan fingerprint density at radius 3 is 2.00 bits per heavy atom. The summed E-state index contributed by atoms with van der Waals surface area (Å²) in [6.45, 7) is 8.44. The fourth-order valence-corrected chi connectivity index (χ4v) is 3.07. The smallest absolute Gasteiger partial charge is 0.185 e. The molecule has 0 aromatic carbocycles. The molecule has 0 aliphatic heterocycles. The van der Waals surface area contributed by atoms with Crippen LogP contribution in [-0.2, 0) is 0 Å². The van der Waals surface area contributed by atoms with Crippen molar-refractivity contribution in [3.63, 3.8) is 0 Å². The highest BCUT2D eigenvalue weighted by Gasteiger charge is 2.22. The second-order valence-electron chi connectivity index (χ2n) is 3.45. The second kappa shape index (κ2) is 3.37. The van der Waals surface area contributed by atoms with Gasteiger partial charge >= 0.3 is 0 Å². The van der Waals surface area contributed by atoms with Gasteiger partial charge < -0.3 is 4.80 Å². The molecule has 0 spiro atoms. The topological polar surface area (TPSA) is 20.2 Å². The number of hydrogen-bond donors (Lipinski definition) is 1. The normalized spacial score (nSPS) is 18.0. The van der Waals surface area contributed by atoms with E-state index in [4.69, 9.17) is 0 Å². The standard InChI is InChI=1S/C7H18OSi/c1-5-9(4,8)6-7(2)3/h7-8H,5-6H2,1-4H3. The summed E-state index contributed by atoms with van der Waals surface area (Å²) in [5.74, 6) is 0.659. The minimum Gasteiger partial charge on any atom is -0.432 e. The van der Waals surface area contributed by atoms with E-state index in [0.29, 0.717) is 5.92 Å². The Balaban J connectivity index is 3.58. The van der Waals surface area contributed by atoms with Gasteiger partial charge in [-0.2, -0.15) is 0 Å². The van der Waals surface area contributed by atoms with Crippen molar-refractivity contribution >= 4 is 8.32 Å². The van der Waals surface area contributed by atoms with Crippen LogP contribution >= 0.6 is 0 Å². The fraction of sp³-hybridized carbons (Fsp3) is 1.00. The van der Waals surface area contributed by atoms with Crippen LogP contribution in [-0.4, -0.2) is 13.1 Å². The van der Waals surface area contributed by atoms with Gasteiger partial charge in [0.1, 0.15) is 0 Å². The first-order valence-electron chi connectivity index (χ1n) is 3.70. The first-order chi connectivity index (χ1) is 3.98. The van der Waals surface area contributed by atoms with Crippen LogP contribution in [0.5, 0.6) is 0 Å². The van der Waals surface area contributed by atoms with Crippen LogP contribution in [0.2, 0.25) is 18.6 Å². The molecule has 0 aromatic heterocycles. The van der Waals surface area contributed by atoms with Crippen LogP contribution in [0.4, 0.5) is 0 Å². The Kier molecular flexibility index (Phi) is 3.44. The second-order valence-corrected chi connectivity index (χ2v) is 7.56. The average molecular weight is 146 g/mol. The largest absolute Gasteiger partial charge is 0.432 e. The van der Waals surface area contributed by atoms with Crippen molar-refractivity contribution in [3.8, 4) is 0 Å². The highest BCUT2D eigenvalue weighted by Crippen LogP contribution is 2.16. The van der Waals surface area contributed by atoms with Crippen molar-refractivity contribution in [1.29, 1.82) is 0 Å². The van der Waals surface area contributed by atoms with E-state index in [-0.39, 0.29) is 0 Å². The zero-order valence-corrected chi connectivity index (χ0v) is 7.94. The van der Waals surface area contributed by atoms with Crippen LogP contribution in [0.25, 0.3) is 0 Å². The summed E-state index contributed by atoms with van der Waals surface area (Å²) < 4.78 is 0. The van der Waals surface area contributed by atoms with E-state index < -0.39 is 8.32 Å². The third-order valence-corrected chi connectivity index (χ3v) is 4.83. The molecule has 1 unspecified atom stereocenters. The minimum absolute atomic E-state index is 0.659. The van der Waals surface area contributed by atoms with Crippen LogP contribution in [0.1, 0.15) is 20.8 Å². The first kappa shape index (κ1) is 9.18. The maximum absolute atomic E-state index is 9.63. The van der Waals surface area contributed by atoms with Crippen LogP contribution < -0.4 is 0 Å². The molecule has 56 valence electrons. The lowest BCUT2D eigenvalue weighted by atomic mass is 10.3. The van der Waals surface area contributed by atoms with Gasteiger partial charge in [0.2, 0.25) is 0 Å². The predicted molar refractivity (Wildman–Crippen MR) is 44.0 cm³/mol. The molecule has 9 heavy (non-hydrogen) atoms. The van der Waals surface area contributed by atoms with Gasteiger partial charge in [0, 0.05) is 0 Å². The van der Waals surface area contributed by atoms with Crippen LogP contribution in [0.3, 0.4) is 0 Å². The van der Waals surface area contributed by atoms with Crippen molar-refractivity contribution < 1.29 is 4.80 Å². The molecule has 0 fully saturated rings. The molecule has 0 radical (unpaired) electrons. The maximum atomic E-state index is 9.63. The van der Waals surface area contributed by atoms with Crippen LogP contribution in [0.15, 0.2) is 0 Å². The molecule has 0 aliphatic carbocycles. The quantitative estimate of drug-likeness (QED) is 0.605. The monoisotopic (exact) mass is 146 g/mol. The highest BCUT2D eigenvalue weighted by molar-refractivity contribution is 6.71. The van der Waals surface area contributed by atoms with Gasteiger partial charge in [-0.3, -0.25) is 0 Å². The Bertz CT molecular complexity index is 79.0. The lowest BCUT2D eigenvalue weighted by Gasteiger charge is -2.19. The van der Waals surface area contributed by atoms with Gasteiger partial charge in [0.05, 0.1) is 0 Å². The van der Waals surface area contributed by atoms with Gasteiger partial charge in [0.15, 0.2) is 8.32 Å². The molecule has 0 aromatic rings. The molecule has 0 aliphatic rings. The van der Waals surface area contributed by atoms with Crippen molar-refractivity contribution in [2.75, 3.05) is 0 Å². The first-order valence-corrected chi connectivity index (χ1v) is 6.56. The lowest BCUT2D eigenvalue weighted by Crippen LogP contribution is -2.30. The lowest BCUT2D eigenvalue weighted by molar-refractivity contribution is 0.517. The van der Waals surface area contributed by atoms with E-state index >= 15 is 0 Å². The Morgan fingerprint density at radius 2 is 1.89 bits per heavy atom.